The Bertz CT molecular complexity index is 882. The summed E-state index contributed by atoms with van der Waals surface area (Å²) in [5.74, 6) is -0.190. The Balaban J connectivity index is 1.41. The minimum absolute atomic E-state index is 0.0252. The van der Waals surface area contributed by atoms with Gasteiger partial charge in [0.2, 0.25) is 0 Å². The van der Waals surface area contributed by atoms with E-state index < -0.39 is 0 Å². The first-order valence-corrected chi connectivity index (χ1v) is 8.74. The number of piperazine rings is 1. The highest BCUT2D eigenvalue weighted by molar-refractivity contribution is 5.94. The summed E-state index contributed by atoms with van der Waals surface area (Å²) in [6.07, 6.45) is 3.94. The fourth-order valence-electron chi connectivity index (χ4n) is 3.32. The van der Waals surface area contributed by atoms with E-state index in [1.807, 2.05) is 69.2 Å². The molecule has 4 nitrogen and oxygen atoms in total. The molecule has 0 unspecified atom stereocenters. The summed E-state index contributed by atoms with van der Waals surface area (Å²) in [5.41, 5.74) is 2.31. The molecule has 26 heavy (non-hydrogen) atoms. The summed E-state index contributed by atoms with van der Waals surface area (Å²) in [5, 5.41) is 0. The summed E-state index contributed by atoms with van der Waals surface area (Å²) >= 11 is 0. The number of anilines is 1. The highest BCUT2D eigenvalue weighted by Gasteiger charge is 2.23. The van der Waals surface area contributed by atoms with E-state index in [4.69, 9.17) is 0 Å². The van der Waals surface area contributed by atoms with E-state index in [0.29, 0.717) is 37.4 Å². The van der Waals surface area contributed by atoms with Gasteiger partial charge in [0, 0.05) is 49.8 Å². The second-order valence-corrected chi connectivity index (χ2v) is 6.37. The maximum atomic E-state index is 13.9. The molecule has 0 atom stereocenters. The molecule has 0 saturated carbocycles. The number of rotatable bonds is 3. The van der Waals surface area contributed by atoms with Gasteiger partial charge in [-0.15, -0.1) is 0 Å². The number of nitrogens with zero attached hydrogens (tertiary/aromatic N) is 3. The first-order chi connectivity index (χ1) is 12.7. The molecule has 5 heteroatoms. The van der Waals surface area contributed by atoms with E-state index in [0.717, 1.165) is 5.69 Å². The van der Waals surface area contributed by atoms with Crippen molar-refractivity contribution >= 4 is 11.6 Å². The van der Waals surface area contributed by atoms with Gasteiger partial charge in [0.1, 0.15) is 5.82 Å². The van der Waals surface area contributed by atoms with Crippen LogP contribution in [-0.4, -0.2) is 41.6 Å². The molecule has 4 rings (SSSR count). The van der Waals surface area contributed by atoms with Crippen LogP contribution in [0.25, 0.3) is 5.69 Å². The summed E-state index contributed by atoms with van der Waals surface area (Å²) in [7, 11) is 0. The molecule has 1 aromatic heterocycles. The average molecular weight is 349 g/mol. The molecule has 1 fully saturated rings. The molecule has 0 N–H and O–H groups in total. The van der Waals surface area contributed by atoms with Crippen molar-refractivity contribution in [3.05, 3.63) is 84.4 Å². The highest BCUT2D eigenvalue weighted by atomic mass is 19.1. The Morgan fingerprint density at radius 1 is 0.808 bits per heavy atom. The van der Waals surface area contributed by atoms with Crippen LogP contribution in [0.15, 0.2) is 73.1 Å². The van der Waals surface area contributed by atoms with Gasteiger partial charge in [0.05, 0.1) is 5.69 Å². The number of halogens is 1. The number of carbonyl (C=O) groups excluding carboxylic acids is 1. The molecule has 0 radical (unpaired) electrons. The molecule has 1 aliphatic rings. The van der Waals surface area contributed by atoms with E-state index in [2.05, 4.69) is 0 Å². The number of para-hydroxylation sites is 1. The minimum Gasteiger partial charge on any atom is -0.366 e. The maximum Gasteiger partial charge on any atom is 0.253 e. The zero-order chi connectivity index (χ0) is 17.9. The zero-order valence-electron chi connectivity index (χ0n) is 14.4. The Morgan fingerprint density at radius 3 is 2.12 bits per heavy atom. The predicted molar refractivity (Wildman–Crippen MR) is 100 cm³/mol. The quantitative estimate of drug-likeness (QED) is 0.723. The lowest BCUT2D eigenvalue weighted by Gasteiger charge is -2.36. The third-order valence-electron chi connectivity index (χ3n) is 4.78. The van der Waals surface area contributed by atoms with Crippen molar-refractivity contribution in [2.75, 3.05) is 31.1 Å². The smallest absolute Gasteiger partial charge is 0.253 e. The van der Waals surface area contributed by atoms with Gasteiger partial charge in [-0.1, -0.05) is 12.1 Å². The second-order valence-electron chi connectivity index (χ2n) is 6.37. The van der Waals surface area contributed by atoms with Gasteiger partial charge in [-0.25, -0.2) is 4.39 Å². The van der Waals surface area contributed by atoms with E-state index in [-0.39, 0.29) is 11.7 Å². The standard InChI is InChI=1S/C21H20FN3O/c22-19-5-1-2-6-20(19)24-13-15-25(16-14-24)21(26)17-7-9-18(10-8-17)23-11-3-4-12-23/h1-12H,13-16H2. The van der Waals surface area contributed by atoms with Crippen LogP contribution in [0.1, 0.15) is 10.4 Å². The molecule has 1 aliphatic heterocycles. The lowest BCUT2D eigenvalue weighted by Crippen LogP contribution is -2.49. The van der Waals surface area contributed by atoms with Crippen LogP contribution in [0.2, 0.25) is 0 Å². The molecule has 1 saturated heterocycles. The van der Waals surface area contributed by atoms with E-state index in [1.54, 1.807) is 12.1 Å². The van der Waals surface area contributed by atoms with Crippen molar-refractivity contribution in [1.29, 1.82) is 0 Å². The van der Waals surface area contributed by atoms with Crippen LogP contribution in [0.4, 0.5) is 10.1 Å². The van der Waals surface area contributed by atoms with Crippen LogP contribution >= 0.6 is 0 Å². The van der Waals surface area contributed by atoms with Gasteiger partial charge in [0.15, 0.2) is 0 Å². The van der Waals surface area contributed by atoms with Gasteiger partial charge in [0.25, 0.3) is 5.91 Å². The zero-order valence-corrected chi connectivity index (χ0v) is 14.4. The fraction of sp³-hybridized carbons (Fsp3) is 0.190. The normalized spacial score (nSPS) is 14.5. The monoisotopic (exact) mass is 349 g/mol. The van der Waals surface area contributed by atoms with Crippen molar-refractivity contribution in [2.45, 2.75) is 0 Å². The first-order valence-electron chi connectivity index (χ1n) is 8.74. The molecule has 0 spiro atoms. The van der Waals surface area contributed by atoms with E-state index in [9.17, 15) is 9.18 Å². The highest BCUT2D eigenvalue weighted by Crippen LogP contribution is 2.21. The molecule has 3 aromatic rings. The number of hydrogen-bond donors (Lipinski definition) is 0. The summed E-state index contributed by atoms with van der Waals surface area (Å²) < 4.78 is 15.9. The summed E-state index contributed by atoms with van der Waals surface area (Å²) in [6, 6.07) is 18.3. The van der Waals surface area contributed by atoms with Gasteiger partial charge in [-0.2, -0.15) is 0 Å². The minimum atomic E-state index is -0.215. The molecular formula is C21H20FN3O. The van der Waals surface area contributed by atoms with Crippen molar-refractivity contribution in [3.63, 3.8) is 0 Å². The van der Waals surface area contributed by atoms with Crippen molar-refractivity contribution < 1.29 is 9.18 Å². The largest absolute Gasteiger partial charge is 0.366 e. The van der Waals surface area contributed by atoms with Crippen LogP contribution in [0, 0.1) is 5.82 Å². The van der Waals surface area contributed by atoms with Gasteiger partial charge in [-0.3, -0.25) is 4.79 Å². The fourth-order valence-corrected chi connectivity index (χ4v) is 3.32. The van der Waals surface area contributed by atoms with Crippen LogP contribution in [0.5, 0.6) is 0 Å². The van der Waals surface area contributed by atoms with Crippen molar-refractivity contribution in [2.24, 2.45) is 0 Å². The van der Waals surface area contributed by atoms with Gasteiger partial charge < -0.3 is 14.4 Å². The molecule has 1 amide bonds. The van der Waals surface area contributed by atoms with E-state index in [1.165, 1.54) is 6.07 Å². The molecule has 2 aromatic carbocycles. The molecular weight excluding hydrogens is 329 g/mol. The number of amides is 1. The molecule has 0 aliphatic carbocycles. The Kier molecular flexibility index (Phi) is 4.44. The lowest BCUT2D eigenvalue weighted by atomic mass is 10.1. The maximum absolute atomic E-state index is 13.9. The Hall–Kier alpha value is -3.08. The second kappa shape index (κ2) is 7.04. The van der Waals surface area contributed by atoms with Crippen LogP contribution in [-0.2, 0) is 0 Å². The van der Waals surface area contributed by atoms with Crippen molar-refractivity contribution in [1.82, 2.24) is 9.47 Å². The van der Waals surface area contributed by atoms with Crippen LogP contribution in [0.3, 0.4) is 0 Å². The first kappa shape index (κ1) is 16.4. The van der Waals surface area contributed by atoms with Gasteiger partial charge >= 0.3 is 0 Å². The van der Waals surface area contributed by atoms with Crippen LogP contribution < -0.4 is 4.90 Å². The summed E-state index contributed by atoms with van der Waals surface area (Å²) in [6.45, 7) is 2.45. The topological polar surface area (TPSA) is 28.5 Å². The van der Waals surface area contributed by atoms with Crippen molar-refractivity contribution in [3.8, 4) is 5.69 Å². The number of aromatic nitrogens is 1. The molecule has 2 heterocycles. The molecule has 0 bridgehead atoms. The average Bonchev–Trinajstić information content (AvgIpc) is 3.23. The number of hydrogen-bond acceptors (Lipinski definition) is 2. The molecule has 132 valence electrons. The predicted octanol–water partition coefficient (Wildman–Crippen LogP) is 3.58. The van der Waals surface area contributed by atoms with Gasteiger partial charge in [-0.05, 0) is 48.5 Å². The SMILES string of the molecule is O=C(c1ccc(-n2cccc2)cc1)N1CCN(c2ccccc2F)CC1. The lowest BCUT2D eigenvalue weighted by molar-refractivity contribution is 0.0746. The summed E-state index contributed by atoms with van der Waals surface area (Å²) in [4.78, 5) is 16.6. The number of carbonyl (C=O) groups is 1. The van der Waals surface area contributed by atoms with E-state index >= 15 is 0 Å². The Labute approximate surface area is 152 Å². The Morgan fingerprint density at radius 2 is 1.46 bits per heavy atom. The number of benzene rings is 2. The third-order valence-corrected chi connectivity index (χ3v) is 4.78. The third kappa shape index (κ3) is 3.20.